The summed E-state index contributed by atoms with van der Waals surface area (Å²) < 4.78 is 0. The van der Waals surface area contributed by atoms with E-state index in [1.54, 1.807) is 0 Å². The van der Waals surface area contributed by atoms with E-state index in [1.807, 2.05) is 19.9 Å². The average Bonchev–Trinajstić information content (AvgIpc) is 1.38. The minimum atomic E-state index is 0. The molecule has 0 saturated carbocycles. The number of allylic oxidation sites excluding steroid dienone is 2. The minimum absolute atomic E-state index is 0. The van der Waals surface area contributed by atoms with Crippen LogP contribution in [0.1, 0.15) is 13.8 Å². The van der Waals surface area contributed by atoms with Crippen LogP contribution in [0.5, 0.6) is 0 Å². The number of hydrogen-bond acceptors (Lipinski definition) is 0. The Morgan fingerprint density at radius 3 is 1.83 bits per heavy atom. The molecule has 0 aliphatic heterocycles. The zero-order valence-electron chi connectivity index (χ0n) is 4.36. The van der Waals surface area contributed by atoms with Crippen molar-refractivity contribution in [1.29, 1.82) is 0 Å². The third-order valence-corrected chi connectivity index (χ3v) is 0.493. The zero-order valence-corrected chi connectivity index (χ0v) is 7.20. The molecule has 0 nitrogen and oxygen atoms in total. The molecule has 0 amide bonds. The molecule has 0 heterocycles. The summed E-state index contributed by atoms with van der Waals surface area (Å²) in [7, 11) is 0. The summed E-state index contributed by atoms with van der Waals surface area (Å²) in [5.41, 5.74) is 1.13. The maximum Gasteiger partial charge on any atom is 0 e. The van der Waals surface area contributed by atoms with Gasteiger partial charge in [-0.3, -0.25) is 0 Å². The van der Waals surface area contributed by atoms with Crippen LogP contribution >= 0.6 is 0 Å². The first-order chi connectivity index (χ1) is 2.27. The van der Waals surface area contributed by atoms with Gasteiger partial charge in [0.2, 0.25) is 0 Å². The van der Waals surface area contributed by atoms with Crippen LogP contribution in [-0.2, 0) is 32.7 Å². The van der Waals surface area contributed by atoms with Crippen LogP contribution in [0.25, 0.3) is 0 Å². The maximum atomic E-state index is 3.62. The van der Waals surface area contributed by atoms with Crippen molar-refractivity contribution in [2.45, 2.75) is 13.8 Å². The fraction of sp³-hybridized carbons (Fsp3) is 0.400. The van der Waals surface area contributed by atoms with Crippen molar-refractivity contribution in [3.63, 3.8) is 0 Å². The van der Waals surface area contributed by atoms with Crippen LogP contribution in [0.15, 0.2) is 11.6 Å². The number of rotatable bonds is 0. The molecular formula is C5H9Y-. The summed E-state index contributed by atoms with van der Waals surface area (Å²) in [6.45, 7) is 7.56. The Labute approximate surface area is 64.9 Å². The summed E-state index contributed by atoms with van der Waals surface area (Å²) in [6.07, 6.45) is 1.97. The molecule has 0 aromatic heterocycles. The molecule has 0 bridgehead atoms. The third-order valence-electron chi connectivity index (χ3n) is 0.493. The number of hydrogen-bond donors (Lipinski definition) is 0. The first-order valence-electron chi connectivity index (χ1n) is 1.72. The van der Waals surface area contributed by atoms with E-state index in [-0.39, 0.29) is 32.7 Å². The van der Waals surface area contributed by atoms with Gasteiger partial charge in [0.25, 0.3) is 0 Å². The summed E-state index contributed by atoms with van der Waals surface area (Å²) >= 11 is 0. The van der Waals surface area contributed by atoms with E-state index in [9.17, 15) is 0 Å². The fourth-order valence-electron chi connectivity index (χ4n) is 0. The maximum absolute atomic E-state index is 3.62. The standard InChI is InChI=1S/C5H9.Y/c1-4-5(2)3;/h4H,2H2,1,3H3;/q-1;/b5-4-;. The quantitative estimate of drug-likeness (QED) is 0.471. The first-order valence-corrected chi connectivity index (χ1v) is 1.72. The van der Waals surface area contributed by atoms with Gasteiger partial charge in [-0.25, -0.2) is 18.6 Å². The van der Waals surface area contributed by atoms with Crippen LogP contribution in [-0.4, -0.2) is 0 Å². The van der Waals surface area contributed by atoms with Crippen molar-refractivity contribution in [3.8, 4) is 0 Å². The second-order valence-electron chi connectivity index (χ2n) is 1.14. The van der Waals surface area contributed by atoms with E-state index in [4.69, 9.17) is 0 Å². The van der Waals surface area contributed by atoms with E-state index in [0.717, 1.165) is 5.57 Å². The van der Waals surface area contributed by atoms with Gasteiger partial charge in [-0.2, -0.15) is 0 Å². The molecule has 0 N–H and O–H groups in total. The van der Waals surface area contributed by atoms with Gasteiger partial charge in [-0.1, -0.05) is 6.92 Å². The Balaban J connectivity index is 0. The molecule has 0 atom stereocenters. The monoisotopic (exact) mass is 158 g/mol. The van der Waals surface area contributed by atoms with E-state index < -0.39 is 0 Å². The Bertz CT molecular complexity index is 41.9. The second-order valence-corrected chi connectivity index (χ2v) is 1.14. The van der Waals surface area contributed by atoms with Gasteiger partial charge in [-0.05, 0) is 0 Å². The Hall–Kier alpha value is 0.714. The van der Waals surface area contributed by atoms with Gasteiger partial charge in [0.05, 0.1) is 0 Å². The summed E-state index contributed by atoms with van der Waals surface area (Å²) in [6, 6.07) is 0. The van der Waals surface area contributed by atoms with Crippen LogP contribution in [0.2, 0.25) is 0 Å². The molecule has 0 aromatic carbocycles. The van der Waals surface area contributed by atoms with Crippen molar-refractivity contribution in [3.05, 3.63) is 18.6 Å². The van der Waals surface area contributed by atoms with Gasteiger partial charge in [0.15, 0.2) is 0 Å². The van der Waals surface area contributed by atoms with E-state index in [2.05, 4.69) is 6.92 Å². The van der Waals surface area contributed by atoms with E-state index in [1.165, 1.54) is 0 Å². The van der Waals surface area contributed by atoms with Gasteiger partial charge < -0.3 is 0 Å². The largest absolute Gasteiger partial charge is 0.242 e. The second kappa shape index (κ2) is 5.71. The first kappa shape index (κ1) is 9.86. The predicted molar refractivity (Wildman–Crippen MR) is 24.8 cm³/mol. The summed E-state index contributed by atoms with van der Waals surface area (Å²) in [5.74, 6) is 0. The molecular weight excluding hydrogens is 149 g/mol. The van der Waals surface area contributed by atoms with Crippen LogP contribution in [0, 0.1) is 6.92 Å². The molecule has 0 unspecified atom stereocenters. The van der Waals surface area contributed by atoms with Crippen molar-refractivity contribution >= 4 is 0 Å². The summed E-state index contributed by atoms with van der Waals surface area (Å²) in [5, 5.41) is 0. The van der Waals surface area contributed by atoms with Crippen LogP contribution in [0.3, 0.4) is 0 Å². The molecule has 0 saturated heterocycles. The van der Waals surface area contributed by atoms with Gasteiger partial charge >= 0.3 is 0 Å². The van der Waals surface area contributed by atoms with Crippen molar-refractivity contribution < 1.29 is 32.7 Å². The molecule has 6 heavy (non-hydrogen) atoms. The molecule has 33 valence electrons. The molecule has 0 spiro atoms. The van der Waals surface area contributed by atoms with Gasteiger partial charge in [0, 0.05) is 32.7 Å². The van der Waals surface area contributed by atoms with E-state index >= 15 is 0 Å². The predicted octanol–water partition coefficient (Wildman–Crippen LogP) is 1.78. The average molecular weight is 158 g/mol. The van der Waals surface area contributed by atoms with Crippen LogP contribution in [0.4, 0.5) is 0 Å². The van der Waals surface area contributed by atoms with Gasteiger partial charge in [0.1, 0.15) is 0 Å². The topological polar surface area (TPSA) is 0 Å². The van der Waals surface area contributed by atoms with E-state index in [0.29, 0.717) is 0 Å². The SMILES string of the molecule is [CH2-]/C(C)=C/C.[Y]. The summed E-state index contributed by atoms with van der Waals surface area (Å²) in [4.78, 5) is 0. The third kappa shape index (κ3) is 8.83. The van der Waals surface area contributed by atoms with Crippen LogP contribution < -0.4 is 0 Å². The molecule has 0 aromatic rings. The van der Waals surface area contributed by atoms with Crippen molar-refractivity contribution in [2.75, 3.05) is 0 Å². The Morgan fingerprint density at radius 1 is 1.67 bits per heavy atom. The molecule has 0 fully saturated rings. The van der Waals surface area contributed by atoms with Crippen molar-refractivity contribution in [2.24, 2.45) is 0 Å². The van der Waals surface area contributed by atoms with Gasteiger partial charge in [-0.15, -0.1) is 6.92 Å². The fourth-order valence-corrected chi connectivity index (χ4v) is 0. The Kier molecular flexibility index (Phi) is 9.39. The minimum Gasteiger partial charge on any atom is -0.242 e. The molecule has 0 aliphatic rings. The normalized spacial score (nSPS) is 10.0. The smallest absolute Gasteiger partial charge is 0 e. The molecule has 0 aliphatic carbocycles. The molecule has 1 heteroatoms. The Morgan fingerprint density at radius 2 is 1.83 bits per heavy atom. The molecule has 1 radical (unpaired) electrons. The zero-order chi connectivity index (χ0) is 4.28. The van der Waals surface area contributed by atoms with Crippen molar-refractivity contribution in [1.82, 2.24) is 0 Å². The molecule has 0 rings (SSSR count).